The third-order valence-corrected chi connectivity index (χ3v) is 12.2. The monoisotopic (exact) mass is 923 g/mol. The largest absolute Gasteiger partial charge is 0.494 e. The molecule has 0 bridgehead atoms. The van der Waals surface area contributed by atoms with Crippen molar-refractivity contribution in [2.24, 2.45) is 7.05 Å². The molecule has 5 amide bonds. The van der Waals surface area contributed by atoms with E-state index in [0.29, 0.717) is 66.3 Å². The van der Waals surface area contributed by atoms with Crippen molar-refractivity contribution in [2.45, 2.75) is 96.3 Å². The smallest absolute Gasteiger partial charge is 0.255 e. The quantitative estimate of drug-likeness (QED) is 0.0375. The molecular formula is C49H57N13O6. The summed E-state index contributed by atoms with van der Waals surface area (Å²) >= 11 is 0. The summed E-state index contributed by atoms with van der Waals surface area (Å²) in [5, 5.41) is 22.3. The van der Waals surface area contributed by atoms with Gasteiger partial charge in [-0.1, -0.05) is 43.5 Å². The van der Waals surface area contributed by atoms with Gasteiger partial charge in [-0.15, -0.1) is 15.7 Å². The highest BCUT2D eigenvalue weighted by atomic mass is 16.5. The highest BCUT2D eigenvalue weighted by Gasteiger charge is 2.40. The molecule has 3 aliphatic rings. The summed E-state index contributed by atoms with van der Waals surface area (Å²) in [6.45, 7) is 4.03. The Labute approximate surface area is 394 Å². The average Bonchev–Trinajstić information content (AvgIpc) is 4.06. The molecule has 1 fully saturated rings. The molecule has 2 atom stereocenters. The summed E-state index contributed by atoms with van der Waals surface area (Å²) in [4.78, 5) is 73.1. The van der Waals surface area contributed by atoms with Crippen LogP contribution >= 0.6 is 0 Å². The molecular weight excluding hydrogens is 867 g/mol. The van der Waals surface area contributed by atoms with Crippen LogP contribution in [0.25, 0.3) is 11.5 Å². The van der Waals surface area contributed by atoms with Crippen molar-refractivity contribution in [2.75, 3.05) is 23.8 Å². The number of hydrazine groups is 2. The Morgan fingerprint density at radius 2 is 1.78 bits per heavy atom. The second-order valence-electron chi connectivity index (χ2n) is 17.1. The number of unbranched alkanes of at least 4 members (excludes halogenated alkanes) is 4. The van der Waals surface area contributed by atoms with E-state index in [1.807, 2.05) is 72.2 Å². The van der Waals surface area contributed by atoms with Crippen molar-refractivity contribution in [3.05, 3.63) is 125 Å². The van der Waals surface area contributed by atoms with Gasteiger partial charge in [-0.05, 0) is 93.1 Å². The number of rotatable bonds is 22. The zero-order valence-electron chi connectivity index (χ0n) is 38.3. The average molecular weight is 924 g/mol. The number of carbonyl (C=O) groups excluding carboxylic acids is 5. The van der Waals surface area contributed by atoms with E-state index in [9.17, 15) is 24.0 Å². The Morgan fingerprint density at radius 1 is 0.941 bits per heavy atom. The number of benzene rings is 3. The molecule has 6 N–H and O–H groups in total. The number of imide groups is 1. The van der Waals surface area contributed by atoms with Gasteiger partial charge in [0, 0.05) is 79.1 Å². The summed E-state index contributed by atoms with van der Waals surface area (Å²) in [6.07, 6.45) is 12.5. The number of aromatic nitrogens is 5. The molecule has 3 aromatic carbocycles. The van der Waals surface area contributed by atoms with Crippen LogP contribution in [0.2, 0.25) is 0 Å². The zero-order chi connectivity index (χ0) is 47.4. The van der Waals surface area contributed by atoms with Crippen LogP contribution < -0.4 is 37.0 Å². The van der Waals surface area contributed by atoms with Crippen LogP contribution in [0.1, 0.15) is 115 Å². The highest BCUT2D eigenvalue weighted by Crippen LogP contribution is 2.32. The SMILES string of the molecule is C[C@@H](NC(=O)c1cccc(NCc2nnc(-c3ccncn3)n2C)c1)c1cccc(OCCCCCCCN2C=C(CCCC(=O)Nc3cccc4c3CN(C3CCC(=O)NC3=O)C4=O)NN2)c1. The van der Waals surface area contributed by atoms with Gasteiger partial charge in [-0.3, -0.25) is 34.3 Å². The minimum atomic E-state index is -0.712. The maximum Gasteiger partial charge on any atom is 0.255 e. The predicted octanol–water partition coefficient (Wildman–Crippen LogP) is 5.44. The first-order valence-electron chi connectivity index (χ1n) is 23.2. The minimum absolute atomic E-state index is 0.150. The van der Waals surface area contributed by atoms with Crippen molar-refractivity contribution >= 4 is 40.9 Å². The second-order valence-corrected chi connectivity index (χ2v) is 17.1. The third kappa shape index (κ3) is 11.8. The van der Waals surface area contributed by atoms with Crippen molar-refractivity contribution < 1.29 is 28.7 Å². The predicted molar refractivity (Wildman–Crippen MR) is 253 cm³/mol. The van der Waals surface area contributed by atoms with E-state index in [2.05, 4.69) is 52.4 Å². The molecule has 19 nitrogen and oxygen atoms in total. The zero-order valence-corrected chi connectivity index (χ0v) is 38.3. The van der Waals surface area contributed by atoms with Crippen molar-refractivity contribution in [3.8, 4) is 17.3 Å². The topological polar surface area (TPSA) is 230 Å². The minimum Gasteiger partial charge on any atom is -0.494 e. The first-order valence-corrected chi connectivity index (χ1v) is 23.2. The molecule has 354 valence electrons. The molecule has 0 aliphatic carbocycles. The van der Waals surface area contributed by atoms with Crippen molar-refractivity contribution in [3.63, 3.8) is 0 Å². The fraction of sp³-hybridized carbons (Fsp3) is 0.367. The van der Waals surface area contributed by atoms with E-state index in [1.165, 1.54) is 11.2 Å². The number of hydrogen-bond acceptors (Lipinski definition) is 14. The normalized spacial score (nSPS) is 15.9. The fourth-order valence-corrected chi connectivity index (χ4v) is 8.45. The van der Waals surface area contributed by atoms with Gasteiger partial charge < -0.3 is 35.6 Å². The van der Waals surface area contributed by atoms with Gasteiger partial charge in [0.2, 0.25) is 17.7 Å². The van der Waals surface area contributed by atoms with E-state index in [-0.39, 0.29) is 49.1 Å². The van der Waals surface area contributed by atoms with Crippen molar-refractivity contribution in [1.29, 1.82) is 0 Å². The molecule has 1 saturated heterocycles. The molecule has 19 heteroatoms. The number of nitrogens with zero attached hydrogens (tertiary/aromatic N) is 7. The number of allylic oxidation sites excluding steroid dienone is 1. The molecule has 5 aromatic rings. The lowest BCUT2D eigenvalue weighted by atomic mass is 10.0. The van der Waals surface area contributed by atoms with Gasteiger partial charge in [0.15, 0.2) is 11.6 Å². The molecule has 68 heavy (non-hydrogen) atoms. The molecule has 3 aliphatic heterocycles. The van der Waals surface area contributed by atoms with Gasteiger partial charge in [0.1, 0.15) is 23.8 Å². The number of amides is 5. The lowest BCUT2D eigenvalue weighted by Gasteiger charge is -2.29. The molecule has 8 rings (SSSR count). The Morgan fingerprint density at radius 3 is 2.63 bits per heavy atom. The Hall–Kier alpha value is -7.67. The molecule has 1 unspecified atom stereocenters. The number of carbonyl (C=O) groups is 5. The van der Waals surface area contributed by atoms with Crippen LogP contribution in [-0.4, -0.2) is 83.4 Å². The number of nitrogens with one attached hydrogen (secondary N) is 6. The highest BCUT2D eigenvalue weighted by molar-refractivity contribution is 6.06. The lowest BCUT2D eigenvalue weighted by Crippen LogP contribution is -2.52. The van der Waals surface area contributed by atoms with Crippen LogP contribution in [0.15, 0.2) is 97.2 Å². The van der Waals surface area contributed by atoms with Crippen LogP contribution in [0.3, 0.4) is 0 Å². The van der Waals surface area contributed by atoms with Crippen molar-refractivity contribution in [1.82, 2.24) is 56.2 Å². The van der Waals surface area contributed by atoms with Gasteiger partial charge in [-0.2, -0.15) is 0 Å². The van der Waals surface area contributed by atoms with Gasteiger partial charge >= 0.3 is 0 Å². The Bertz CT molecular complexity index is 2650. The summed E-state index contributed by atoms with van der Waals surface area (Å²) in [7, 11) is 1.88. The maximum atomic E-state index is 13.3. The lowest BCUT2D eigenvalue weighted by molar-refractivity contribution is -0.137. The molecule has 0 saturated carbocycles. The van der Waals surface area contributed by atoms with E-state index in [1.54, 1.807) is 36.5 Å². The first kappa shape index (κ1) is 46.8. The third-order valence-electron chi connectivity index (χ3n) is 12.2. The number of anilines is 2. The van der Waals surface area contributed by atoms with Crippen LogP contribution in [0.4, 0.5) is 11.4 Å². The Kier molecular flexibility index (Phi) is 15.3. The van der Waals surface area contributed by atoms with E-state index in [0.717, 1.165) is 67.2 Å². The van der Waals surface area contributed by atoms with Gasteiger partial charge in [0.25, 0.3) is 11.8 Å². The molecule has 2 aromatic heterocycles. The molecule has 0 spiro atoms. The number of ether oxygens (including phenoxy) is 1. The summed E-state index contributed by atoms with van der Waals surface area (Å²) < 4.78 is 7.97. The van der Waals surface area contributed by atoms with Crippen LogP contribution in [-0.2, 0) is 34.5 Å². The summed E-state index contributed by atoms with van der Waals surface area (Å²) in [5.74, 6) is 0.731. The Balaban J connectivity index is 0.680. The van der Waals surface area contributed by atoms with Crippen LogP contribution in [0.5, 0.6) is 5.75 Å². The number of hydrogen-bond donors (Lipinski definition) is 6. The van der Waals surface area contributed by atoms with E-state index in [4.69, 9.17) is 4.74 Å². The number of fused-ring (bicyclic) bond motifs is 1. The standard InChI is InChI=1S/C49H57N13O6/c1-32(53-47(65)34-13-8-14-35(26-34)51-28-43-57-58-46(60(43)2)41-22-23-50-31-52-41)33-12-9-16-37(27-33)68-25-7-5-3-4-6-24-61-29-36(56-59-61)15-10-19-44(63)54-40-18-11-17-38-39(40)30-62(49(38)67)42-20-21-45(64)55-48(42)66/h8-9,11-14,16-18,22-23,26-27,29,31-32,42,51,56,59H,3-7,10,15,19-21,24-25,28,30H2,1-2H3,(H,53,65)(H,54,63)(H,55,64,66)/t32-,42?/m1/s1. The first-order chi connectivity index (χ1) is 33.1. The summed E-state index contributed by atoms with van der Waals surface area (Å²) in [6, 6.07) is 21.2. The summed E-state index contributed by atoms with van der Waals surface area (Å²) in [5.41, 5.74) is 12.1. The molecule has 0 radical (unpaired) electrons. The fourth-order valence-electron chi connectivity index (χ4n) is 8.45. The van der Waals surface area contributed by atoms with E-state index >= 15 is 0 Å². The second kappa shape index (κ2) is 22.2. The van der Waals surface area contributed by atoms with Gasteiger partial charge in [0.05, 0.1) is 19.2 Å². The van der Waals surface area contributed by atoms with Crippen LogP contribution in [0, 0.1) is 0 Å². The maximum absolute atomic E-state index is 13.3. The van der Waals surface area contributed by atoms with Gasteiger partial charge in [-0.25, -0.2) is 9.97 Å². The van der Waals surface area contributed by atoms with E-state index < -0.39 is 11.9 Å². The number of piperidine rings is 1. The molecule has 5 heterocycles.